The van der Waals surface area contributed by atoms with Crippen LogP contribution in [0.1, 0.15) is 32.7 Å². The minimum atomic E-state index is -0.491. The van der Waals surface area contributed by atoms with E-state index >= 15 is 0 Å². The number of oxazole rings is 1. The van der Waals surface area contributed by atoms with Crippen molar-refractivity contribution in [3.63, 3.8) is 0 Å². The van der Waals surface area contributed by atoms with Crippen LogP contribution in [-0.2, 0) is 4.74 Å². The smallest absolute Gasteiger partial charge is 0.408 e. The Morgan fingerprint density at radius 1 is 1.36 bits per heavy atom. The first-order chi connectivity index (χ1) is 10.6. The monoisotopic (exact) mass is 303 g/mol. The van der Waals surface area contributed by atoms with Crippen LogP contribution in [0.5, 0.6) is 0 Å². The molecule has 2 heterocycles. The van der Waals surface area contributed by atoms with Gasteiger partial charge in [-0.25, -0.2) is 4.79 Å². The first kappa shape index (κ1) is 14.5. The minimum absolute atomic E-state index is 0.208. The zero-order chi connectivity index (χ0) is 15.7. The molecule has 116 valence electrons. The number of H-pyrrole nitrogens is 1. The largest absolute Gasteiger partial charge is 0.417 e. The standard InChI is InChI=1S/C15H17N3O4/c1-4-20-12(8(2)3)13-17-14(22-18-13)9-5-6-11-10(7-9)16-15(19)21-11/h5-8,12H,4H2,1-3H3,(H,16,19). The molecule has 0 fully saturated rings. The van der Waals surface area contributed by atoms with Crippen LogP contribution in [0, 0.1) is 5.92 Å². The molecule has 1 N–H and O–H groups in total. The van der Waals surface area contributed by atoms with E-state index in [0.717, 1.165) is 0 Å². The van der Waals surface area contributed by atoms with Crippen LogP contribution in [0.2, 0.25) is 0 Å². The average Bonchev–Trinajstić information content (AvgIpc) is 3.08. The number of aromatic nitrogens is 3. The van der Waals surface area contributed by atoms with Crippen molar-refractivity contribution < 1.29 is 13.7 Å². The Balaban J connectivity index is 1.95. The zero-order valence-corrected chi connectivity index (χ0v) is 12.6. The summed E-state index contributed by atoms with van der Waals surface area (Å²) in [6, 6.07) is 5.19. The Morgan fingerprint density at radius 3 is 2.91 bits per heavy atom. The molecule has 22 heavy (non-hydrogen) atoms. The summed E-state index contributed by atoms with van der Waals surface area (Å²) in [5.41, 5.74) is 1.79. The number of hydrogen-bond donors (Lipinski definition) is 1. The molecule has 0 amide bonds. The van der Waals surface area contributed by atoms with Gasteiger partial charge in [0.25, 0.3) is 5.89 Å². The van der Waals surface area contributed by atoms with E-state index in [2.05, 4.69) is 15.1 Å². The summed E-state index contributed by atoms with van der Waals surface area (Å²) in [4.78, 5) is 18.2. The highest BCUT2D eigenvalue weighted by Crippen LogP contribution is 2.27. The molecule has 7 heteroatoms. The predicted molar refractivity (Wildman–Crippen MR) is 79.3 cm³/mol. The van der Waals surface area contributed by atoms with Crippen LogP contribution >= 0.6 is 0 Å². The number of hydrogen-bond acceptors (Lipinski definition) is 6. The Morgan fingerprint density at radius 2 is 2.18 bits per heavy atom. The number of nitrogens with zero attached hydrogens (tertiary/aromatic N) is 2. The third-order valence-corrected chi connectivity index (χ3v) is 3.31. The Hall–Kier alpha value is -2.41. The molecule has 0 aliphatic heterocycles. The Labute approximate surface area is 126 Å². The van der Waals surface area contributed by atoms with Crippen molar-refractivity contribution in [2.45, 2.75) is 26.9 Å². The van der Waals surface area contributed by atoms with Gasteiger partial charge in [0.1, 0.15) is 6.10 Å². The van der Waals surface area contributed by atoms with E-state index in [9.17, 15) is 4.79 Å². The quantitative estimate of drug-likeness (QED) is 0.778. The molecular formula is C15H17N3O4. The topological polar surface area (TPSA) is 94.1 Å². The number of benzene rings is 1. The van der Waals surface area contributed by atoms with Gasteiger partial charge >= 0.3 is 5.76 Å². The molecule has 0 saturated carbocycles. The van der Waals surface area contributed by atoms with Gasteiger partial charge in [-0.15, -0.1) is 0 Å². The number of nitrogens with one attached hydrogen (secondary N) is 1. The molecule has 7 nitrogen and oxygen atoms in total. The number of ether oxygens (including phenoxy) is 1. The van der Waals surface area contributed by atoms with Crippen molar-refractivity contribution in [1.82, 2.24) is 15.1 Å². The highest BCUT2D eigenvalue weighted by molar-refractivity contribution is 5.77. The average molecular weight is 303 g/mol. The second kappa shape index (κ2) is 5.76. The summed E-state index contributed by atoms with van der Waals surface area (Å²) in [7, 11) is 0. The van der Waals surface area contributed by atoms with E-state index in [0.29, 0.717) is 35.0 Å². The molecular weight excluding hydrogens is 286 g/mol. The zero-order valence-electron chi connectivity index (χ0n) is 12.6. The Bertz CT molecular complexity index is 831. The lowest BCUT2D eigenvalue weighted by Crippen LogP contribution is -2.12. The maximum atomic E-state index is 11.2. The molecule has 0 aliphatic rings. The van der Waals surface area contributed by atoms with Gasteiger partial charge in [-0.1, -0.05) is 19.0 Å². The highest BCUT2D eigenvalue weighted by atomic mass is 16.5. The van der Waals surface area contributed by atoms with Crippen LogP contribution in [-0.4, -0.2) is 21.7 Å². The van der Waals surface area contributed by atoms with Gasteiger partial charge in [-0.3, -0.25) is 4.98 Å². The highest BCUT2D eigenvalue weighted by Gasteiger charge is 2.22. The predicted octanol–water partition coefficient (Wildman–Crippen LogP) is 2.90. The number of aromatic amines is 1. The van der Waals surface area contributed by atoms with Crippen molar-refractivity contribution >= 4 is 11.1 Å². The normalized spacial score (nSPS) is 13.1. The first-order valence-corrected chi connectivity index (χ1v) is 7.17. The third kappa shape index (κ3) is 2.67. The van der Waals surface area contributed by atoms with Gasteiger partial charge in [0.15, 0.2) is 5.58 Å². The molecule has 3 rings (SSSR count). The molecule has 0 saturated heterocycles. The van der Waals surface area contributed by atoms with E-state index in [1.54, 1.807) is 18.2 Å². The van der Waals surface area contributed by atoms with Gasteiger partial charge in [-0.05, 0) is 31.0 Å². The van der Waals surface area contributed by atoms with Gasteiger partial charge in [0.2, 0.25) is 5.82 Å². The van der Waals surface area contributed by atoms with Crippen LogP contribution in [0.3, 0.4) is 0 Å². The van der Waals surface area contributed by atoms with Gasteiger partial charge < -0.3 is 13.7 Å². The van der Waals surface area contributed by atoms with Crippen molar-refractivity contribution in [3.05, 3.63) is 34.6 Å². The lowest BCUT2D eigenvalue weighted by Gasteiger charge is -2.16. The SMILES string of the molecule is CCOC(c1noc(-c2ccc3oc(=O)[nH]c3c2)n1)C(C)C. The van der Waals surface area contributed by atoms with Crippen molar-refractivity contribution in [1.29, 1.82) is 0 Å². The van der Waals surface area contributed by atoms with Crippen molar-refractivity contribution in [2.24, 2.45) is 5.92 Å². The fourth-order valence-corrected chi connectivity index (χ4v) is 2.30. The summed E-state index contributed by atoms with van der Waals surface area (Å²) in [6.07, 6.45) is -0.208. The molecule has 0 radical (unpaired) electrons. The van der Waals surface area contributed by atoms with E-state index in [4.69, 9.17) is 13.7 Å². The third-order valence-electron chi connectivity index (χ3n) is 3.31. The molecule has 1 atom stereocenters. The summed E-state index contributed by atoms with van der Waals surface area (Å²) < 4.78 is 16.0. The summed E-state index contributed by atoms with van der Waals surface area (Å²) in [5.74, 6) is 0.643. The second-order valence-corrected chi connectivity index (χ2v) is 5.30. The van der Waals surface area contributed by atoms with Crippen LogP contribution in [0.25, 0.3) is 22.6 Å². The molecule has 1 unspecified atom stereocenters. The molecule has 1 aromatic carbocycles. The van der Waals surface area contributed by atoms with Gasteiger partial charge in [0, 0.05) is 12.2 Å². The lowest BCUT2D eigenvalue weighted by atomic mass is 10.1. The first-order valence-electron chi connectivity index (χ1n) is 7.17. The summed E-state index contributed by atoms with van der Waals surface area (Å²) in [5, 5.41) is 4.01. The van der Waals surface area contributed by atoms with E-state index in [-0.39, 0.29) is 12.0 Å². The Kier molecular flexibility index (Phi) is 3.81. The molecule has 3 aromatic rings. The van der Waals surface area contributed by atoms with Gasteiger partial charge in [0.05, 0.1) is 5.52 Å². The minimum Gasteiger partial charge on any atom is -0.408 e. The van der Waals surface area contributed by atoms with Crippen LogP contribution < -0.4 is 5.76 Å². The van der Waals surface area contributed by atoms with Crippen molar-refractivity contribution in [2.75, 3.05) is 6.61 Å². The fraction of sp³-hybridized carbons (Fsp3) is 0.400. The lowest BCUT2D eigenvalue weighted by molar-refractivity contribution is 0.0217. The molecule has 0 spiro atoms. The molecule has 2 aromatic heterocycles. The number of rotatable bonds is 5. The van der Waals surface area contributed by atoms with Crippen LogP contribution in [0.4, 0.5) is 0 Å². The van der Waals surface area contributed by atoms with Gasteiger partial charge in [-0.2, -0.15) is 4.98 Å². The van der Waals surface area contributed by atoms with Crippen molar-refractivity contribution in [3.8, 4) is 11.5 Å². The molecule has 0 aliphatic carbocycles. The van der Waals surface area contributed by atoms with E-state index in [1.807, 2.05) is 20.8 Å². The maximum Gasteiger partial charge on any atom is 0.417 e. The summed E-state index contributed by atoms with van der Waals surface area (Å²) >= 11 is 0. The molecule has 0 bridgehead atoms. The van der Waals surface area contributed by atoms with E-state index in [1.165, 1.54) is 0 Å². The van der Waals surface area contributed by atoms with Crippen LogP contribution in [0.15, 0.2) is 31.9 Å². The fourth-order valence-electron chi connectivity index (χ4n) is 2.30. The summed E-state index contributed by atoms with van der Waals surface area (Å²) in [6.45, 7) is 6.59. The second-order valence-electron chi connectivity index (χ2n) is 5.30. The van der Waals surface area contributed by atoms with E-state index < -0.39 is 5.76 Å². The number of fused-ring (bicyclic) bond motifs is 1. The maximum absolute atomic E-state index is 11.2.